The number of aryl methyl sites for hydroxylation is 1. The van der Waals surface area contributed by atoms with Crippen molar-refractivity contribution in [2.24, 2.45) is 4.99 Å². The van der Waals surface area contributed by atoms with Gasteiger partial charge in [-0.3, -0.25) is 9.69 Å². The summed E-state index contributed by atoms with van der Waals surface area (Å²) in [5.41, 5.74) is 3.56. The number of nitrogens with zero attached hydrogens (tertiary/aromatic N) is 2. The summed E-state index contributed by atoms with van der Waals surface area (Å²) in [6.45, 7) is 2.42. The fraction of sp³-hybridized carbons (Fsp3) is 0.148. The Balaban J connectivity index is 1.57. The minimum Gasteiger partial charge on any atom is -0.493 e. The fourth-order valence-electron chi connectivity index (χ4n) is 3.42. The Morgan fingerprint density at radius 3 is 2.61 bits per heavy atom. The van der Waals surface area contributed by atoms with Crippen LogP contribution in [0, 0.1) is 6.92 Å². The molecule has 1 saturated heterocycles. The number of rotatable bonds is 7. The van der Waals surface area contributed by atoms with Crippen molar-refractivity contribution in [1.82, 2.24) is 4.90 Å². The van der Waals surface area contributed by atoms with Crippen molar-refractivity contribution in [2.75, 3.05) is 14.2 Å². The van der Waals surface area contributed by atoms with Crippen molar-refractivity contribution in [2.45, 2.75) is 13.5 Å². The Morgan fingerprint density at radius 2 is 1.92 bits per heavy atom. The van der Waals surface area contributed by atoms with Crippen LogP contribution in [0.4, 0.5) is 5.69 Å². The van der Waals surface area contributed by atoms with E-state index in [4.69, 9.17) is 9.47 Å². The Morgan fingerprint density at radius 1 is 1.17 bits per heavy atom. The van der Waals surface area contributed by atoms with Crippen molar-refractivity contribution in [3.05, 3.63) is 92.3 Å². The van der Waals surface area contributed by atoms with Gasteiger partial charge in [-0.15, -0.1) is 0 Å². The average molecular weight is 567 g/mol. The topological polar surface area (TPSA) is 88.4 Å². The molecule has 1 aliphatic rings. The van der Waals surface area contributed by atoms with Gasteiger partial charge in [0.05, 0.1) is 27.7 Å². The number of hydrogen-bond acceptors (Lipinski definition) is 6. The van der Waals surface area contributed by atoms with Crippen LogP contribution in [0.5, 0.6) is 11.5 Å². The summed E-state index contributed by atoms with van der Waals surface area (Å²) in [5.74, 6) is -0.135. The number of amidine groups is 1. The van der Waals surface area contributed by atoms with E-state index in [2.05, 4.69) is 20.9 Å². The zero-order valence-corrected chi connectivity index (χ0v) is 22.2. The molecule has 184 valence electrons. The zero-order chi connectivity index (χ0) is 25.8. The summed E-state index contributed by atoms with van der Waals surface area (Å²) in [6, 6.07) is 18.0. The van der Waals surface area contributed by atoms with Crippen LogP contribution in [0.2, 0.25) is 0 Å². The van der Waals surface area contributed by atoms with Gasteiger partial charge in [0.1, 0.15) is 6.61 Å². The molecule has 9 heteroatoms. The predicted octanol–water partition coefficient (Wildman–Crippen LogP) is 6.28. The minimum absolute atomic E-state index is 0.131. The third-order valence-corrected chi connectivity index (χ3v) is 7.02. The van der Waals surface area contributed by atoms with E-state index in [1.807, 2.05) is 43.3 Å². The number of hydrogen-bond donors (Lipinski definition) is 1. The van der Waals surface area contributed by atoms with E-state index in [1.165, 1.54) is 34.4 Å². The average Bonchev–Trinajstić information content (AvgIpc) is 3.11. The number of ether oxygens (including phenoxy) is 2. The van der Waals surface area contributed by atoms with Crippen LogP contribution in [0.1, 0.15) is 27.0 Å². The van der Waals surface area contributed by atoms with Gasteiger partial charge in [-0.05, 0) is 82.2 Å². The lowest BCUT2D eigenvalue weighted by molar-refractivity contribution is -0.121. The Labute approximate surface area is 221 Å². The number of aromatic carboxylic acids is 1. The lowest BCUT2D eigenvalue weighted by Crippen LogP contribution is -2.23. The van der Waals surface area contributed by atoms with Crippen LogP contribution in [0.15, 0.2) is 75.0 Å². The van der Waals surface area contributed by atoms with Crippen molar-refractivity contribution in [3.8, 4) is 11.5 Å². The molecule has 0 unspecified atom stereocenters. The van der Waals surface area contributed by atoms with Crippen LogP contribution < -0.4 is 9.47 Å². The summed E-state index contributed by atoms with van der Waals surface area (Å²) in [5, 5.41) is 9.66. The van der Waals surface area contributed by atoms with Gasteiger partial charge in [-0.2, -0.15) is 0 Å². The molecule has 3 aromatic carbocycles. The molecule has 0 saturated carbocycles. The molecule has 1 fully saturated rings. The van der Waals surface area contributed by atoms with Gasteiger partial charge in [0.2, 0.25) is 0 Å². The Hall–Kier alpha value is -3.56. The molecule has 4 rings (SSSR count). The molecule has 0 bridgehead atoms. The highest BCUT2D eigenvalue weighted by molar-refractivity contribution is 9.10. The van der Waals surface area contributed by atoms with Crippen molar-refractivity contribution in [3.63, 3.8) is 0 Å². The first kappa shape index (κ1) is 25.5. The van der Waals surface area contributed by atoms with Gasteiger partial charge in [-0.25, -0.2) is 9.79 Å². The first-order chi connectivity index (χ1) is 17.2. The summed E-state index contributed by atoms with van der Waals surface area (Å²) in [7, 11) is 3.20. The zero-order valence-electron chi connectivity index (χ0n) is 19.8. The predicted molar refractivity (Wildman–Crippen MR) is 145 cm³/mol. The van der Waals surface area contributed by atoms with Gasteiger partial charge in [-0.1, -0.05) is 35.9 Å². The largest absolute Gasteiger partial charge is 0.493 e. The molecule has 36 heavy (non-hydrogen) atoms. The van der Waals surface area contributed by atoms with E-state index in [0.717, 1.165) is 11.1 Å². The van der Waals surface area contributed by atoms with Crippen molar-refractivity contribution >= 4 is 56.5 Å². The highest BCUT2D eigenvalue weighted by atomic mass is 79.9. The monoisotopic (exact) mass is 566 g/mol. The molecule has 1 amide bonds. The number of carboxylic acids is 1. The highest BCUT2D eigenvalue weighted by Crippen LogP contribution is 2.39. The number of thioether (sulfide) groups is 1. The summed E-state index contributed by atoms with van der Waals surface area (Å²) >= 11 is 4.78. The van der Waals surface area contributed by atoms with Crippen molar-refractivity contribution in [1.29, 1.82) is 0 Å². The molecule has 1 aliphatic heterocycles. The van der Waals surface area contributed by atoms with Crippen LogP contribution in [0.25, 0.3) is 6.08 Å². The normalized spacial score (nSPS) is 15.6. The second-order valence-electron chi connectivity index (χ2n) is 8.03. The number of carbonyl (C=O) groups is 2. The maximum atomic E-state index is 12.9. The molecular formula is C27H23BrN2O5S. The summed E-state index contributed by atoms with van der Waals surface area (Å²) in [4.78, 5) is 30.5. The Bertz CT molecular complexity index is 1390. The first-order valence-corrected chi connectivity index (χ1v) is 12.5. The highest BCUT2D eigenvalue weighted by Gasteiger charge is 2.30. The maximum absolute atomic E-state index is 12.9. The Kier molecular flexibility index (Phi) is 7.81. The number of methoxy groups -OCH3 is 1. The molecule has 3 aromatic rings. The van der Waals surface area contributed by atoms with Gasteiger partial charge >= 0.3 is 5.97 Å². The lowest BCUT2D eigenvalue weighted by atomic mass is 10.1. The quantitative estimate of drug-likeness (QED) is 0.339. The van der Waals surface area contributed by atoms with Gasteiger partial charge in [0.25, 0.3) is 5.91 Å². The standard InChI is InChI=1S/C27H23BrN2O5S/c1-16-7-9-17(10-8-16)15-35-24-21(28)11-18(12-22(24)34-3)13-23-25(31)30(2)27(36-23)29-20-6-4-5-19(14-20)26(32)33/h4-14H,15H2,1-3H3,(H,32,33)/b23-13-,29-27?. The molecular weight excluding hydrogens is 544 g/mol. The number of benzene rings is 3. The first-order valence-electron chi connectivity index (χ1n) is 10.9. The third-order valence-electron chi connectivity index (χ3n) is 5.37. The van der Waals surface area contributed by atoms with Crippen molar-refractivity contribution < 1.29 is 24.2 Å². The van der Waals surface area contributed by atoms with Crippen LogP contribution >= 0.6 is 27.7 Å². The van der Waals surface area contributed by atoms with E-state index >= 15 is 0 Å². The number of halogens is 1. The SMILES string of the molecule is COc1cc(/C=C2\SC(=Nc3cccc(C(=O)O)c3)N(C)C2=O)cc(Br)c1OCc1ccc(C)cc1. The van der Waals surface area contributed by atoms with Gasteiger partial charge < -0.3 is 14.6 Å². The number of likely N-dealkylation sites (N-methyl/N-ethyl adjacent to an activating group) is 1. The molecule has 1 heterocycles. The molecule has 1 N–H and O–H groups in total. The molecule has 0 spiro atoms. The van der Waals surface area contributed by atoms with Crippen LogP contribution in [0.3, 0.4) is 0 Å². The third kappa shape index (κ3) is 5.80. The fourth-order valence-corrected chi connectivity index (χ4v) is 4.99. The van der Waals surface area contributed by atoms with E-state index < -0.39 is 5.97 Å². The number of carbonyl (C=O) groups excluding carboxylic acids is 1. The summed E-state index contributed by atoms with van der Waals surface area (Å²) in [6.07, 6.45) is 1.76. The molecule has 0 radical (unpaired) electrons. The molecule has 0 aromatic heterocycles. The van der Waals surface area contributed by atoms with E-state index in [1.54, 1.807) is 32.4 Å². The summed E-state index contributed by atoms with van der Waals surface area (Å²) < 4.78 is 12.3. The molecule has 0 aliphatic carbocycles. The van der Waals surface area contributed by atoms with Gasteiger partial charge in [0, 0.05) is 7.05 Å². The minimum atomic E-state index is -1.04. The number of amides is 1. The van der Waals surface area contributed by atoms with Gasteiger partial charge in [0.15, 0.2) is 16.7 Å². The molecule has 0 atom stereocenters. The number of aliphatic imine (C=N–C) groups is 1. The lowest BCUT2D eigenvalue weighted by Gasteiger charge is -2.14. The smallest absolute Gasteiger partial charge is 0.335 e. The van der Waals surface area contributed by atoms with E-state index in [-0.39, 0.29) is 11.5 Å². The molecule has 7 nitrogen and oxygen atoms in total. The van der Waals surface area contributed by atoms with Crippen LogP contribution in [-0.2, 0) is 11.4 Å². The second-order valence-corrected chi connectivity index (χ2v) is 9.90. The van der Waals surface area contributed by atoms with E-state index in [9.17, 15) is 14.7 Å². The number of carboxylic acid groups (broad SMARTS) is 1. The second kappa shape index (κ2) is 11.0. The maximum Gasteiger partial charge on any atom is 0.335 e. The van der Waals surface area contributed by atoms with Crippen LogP contribution in [-0.4, -0.2) is 41.2 Å². The van der Waals surface area contributed by atoms with E-state index in [0.29, 0.717) is 38.3 Å².